The summed E-state index contributed by atoms with van der Waals surface area (Å²) in [4.78, 5) is 21.4. The van der Waals surface area contributed by atoms with Gasteiger partial charge in [-0.2, -0.15) is 5.10 Å². The van der Waals surface area contributed by atoms with Crippen LogP contribution in [0.25, 0.3) is 11.0 Å². The van der Waals surface area contributed by atoms with E-state index in [1.165, 1.54) is 17.7 Å². The zero-order valence-corrected chi connectivity index (χ0v) is 16.8. The van der Waals surface area contributed by atoms with Gasteiger partial charge in [-0.05, 0) is 57.3 Å². The monoisotopic (exact) mass is 383 g/mol. The SMILES string of the molecule is Cc1cc(C(=O)NCC(c2cccs2)N2CCCC2)c2c(C)nn(C)c2n1. The quantitative estimate of drug-likeness (QED) is 0.735. The van der Waals surface area contributed by atoms with Crippen LogP contribution in [0, 0.1) is 13.8 Å². The fraction of sp³-hybridized carbons (Fsp3) is 0.450. The van der Waals surface area contributed by atoms with Gasteiger partial charge < -0.3 is 5.32 Å². The van der Waals surface area contributed by atoms with E-state index in [2.05, 4.69) is 37.8 Å². The number of hydrogen-bond acceptors (Lipinski definition) is 5. The zero-order chi connectivity index (χ0) is 19.0. The second-order valence-corrected chi connectivity index (χ2v) is 8.18. The van der Waals surface area contributed by atoms with E-state index < -0.39 is 0 Å². The molecule has 0 aliphatic carbocycles. The van der Waals surface area contributed by atoms with Gasteiger partial charge in [-0.15, -0.1) is 11.3 Å². The first-order valence-corrected chi connectivity index (χ1v) is 10.3. The molecule has 1 amide bonds. The second kappa shape index (κ2) is 7.40. The van der Waals surface area contributed by atoms with E-state index in [4.69, 9.17) is 0 Å². The number of fused-ring (bicyclic) bond motifs is 1. The topological polar surface area (TPSA) is 63.1 Å². The Morgan fingerprint density at radius 3 is 2.81 bits per heavy atom. The van der Waals surface area contributed by atoms with E-state index in [1.807, 2.05) is 27.0 Å². The number of likely N-dealkylation sites (tertiary alicyclic amines) is 1. The van der Waals surface area contributed by atoms with Crippen LogP contribution in [-0.4, -0.2) is 45.2 Å². The molecule has 3 aromatic heterocycles. The first kappa shape index (κ1) is 18.1. The molecular weight excluding hydrogens is 358 g/mol. The highest BCUT2D eigenvalue weighted by molar-refractivity contribution is 7.10. The lowest BCUT2D eigenvalue weighted by molar-refractivity contribution is 0.0940. The third-order valence-corrected chi connectivity index (χ3v) is 6.22. The van der Waals surface area contributed by atoms with E-state index in [-0.39, 0.29) is 11.9 Å². The van der Waals surface area contributed by atoms with E-state index in [0.29, 0.717) is 12.1 Å². The van der Waals surface area contributed by atoms with Gasteiger partial charge in [-0.25, -0.2) is 4.98 Å². The summed E-state index contributed by atoms with van der Waals surface area (Å²) in [5, 5.41) is 10.6. The van der Waals surface area contributed by atoms with Crippen molar-refractivity contribution in [3.8, 4) is 0 Å². The van der Waals surface area contributed by atoms with Crippen molar-refractivity contribution in [2.45, 2.75) is 32.7 Å². The average molecular weight is 384 g/mol. The van der Waals surface area contributed by atoms with Gasteiger partial charge in [0, 0.05) is 24.2 Å². The van der Waals surface area contributed by atoms with E-state index in [0.717, 1.165) is 35.5 Å². The summed E-state index contributed by atoms with van der Waals surface area (Å²) >= 11 is 1.76. The lowest BCUT2D eigenvalue weighted by atomic mass is 10.1. The van der Waals surface area contributed by atoms with Crippen molar-refractivity contribution >= 4 is 28.3 Å². The highest BCUT2D eigenvalue weighted by Crippen LogP contribution is 2.28. The third-order valence-electron chi connectivity index (χ3n) is 5.25. The average Bonchev–Trinajstić information content (AvgIpc) is 3.38. The van der Waals surface area contributed by atoms with Crippen LogP contribution in [0.15, 0.2) is 23.6 Å². The maximum Gasteiger partial charge on any atom is 0.252 e. The number of hydrogen-bond donors (Lipinski definition) is 1. The molecule has 1 atom stereocenters. The summed E-state index contributed by atoms with van der Waals surface area (Å²) in [5.74, 6) is -0.0534. The molecule has 142 valence electrons. The molecule has 7 heteroatoms. The number of nitrogens with one attached hydrogen (secondary N) is 1. The van der Waals surface area contributed by atoms with Gasteiger partial charge in [-0.1, -0.05) is 6.07 Å². The fourth-order valence-corrected chi connectivity index (χ4v) is 4.84. The van der Waals surface area contributed by atoms with E-state index in [9.17, 15) is 4.79 Å². The molecule has 1 aliphatic heterocycles. The molecule has 1 unspecified atom stereocenters. The first-order valence-electron chi connectivity index (χ1n) is 9.41. The van der Waals surface area contributed by atoms with E-state index in [1.54, 1.807) is 16.0 Å². The molecule has 1 saturated heterocycles. The predicted octanol–water partition coefficient (Wildman–Crippen LogP) is 3.21. The van der Waals surface area contributed by atoms with Crippen molar-refractivity contribution in [3.05, 3.63) is 45.4 Å². The summed E-state index contributed by atoms with van der Waals surface area (Å²) in [6, 6.07) is 6.35. The number of rotatable bonds is 5. The summed E-state index contributed by atoms with van der Waals surface area (Å²) in [5.41, 5.74) is 3.07. The van der Waals surface area contributed by atoms with Crippen LogP contribution in [0.3, 0.4) is 0 Å². The van der Waals surface area contributed by atoms with Gasteiger partial charge in [0.15, 0.2) is 5.65 Å². The molecule has 27 heavy (non-hydrogen) atoms. The van der Waals surface area contributed by atoms with Crippen LogP contribution < -0.4 is 5.32 Å². The maximum absolute atomic E-state index is 13.1. The highest BCUT2D eigenvalue weighted by Gasteiger charge is 2.25. The summed E-state index contributed by atoms with van der Waals surface area (Å²) < 4.78 is 1.74. The molecule has 4 rings (SSSR count). The van der Waals surface area contributed by atoms with Gasteiger partial charge in [0.25, 0.3) is 5.91 Å². The first-order chi connectivity index (χ1) is 13.0. The van der Waals surface area contributed by atoms with E-state index >= 15 is 0 Å². The number of pyridine rings is 1. The molecular formula is C20H25N5OS. The molecule has 0 saturated carbocycles. The molecule has 0 bridgehead atoms. The van der Waals surface area contributed by atoms with Crippen LogP contribution in [0.2, 0.25) is 0 Å². The molecule has 0 radical (unpaired) electrons. The number of carbonyl (C=O) groups excluding carboxylic acids is 1. The molecule has 1 aliphatic rings. The second-order valence-electron chi connectivity index (χ2n) is 7.20. The standard InChI is InChI=1S/C20H25N5OS/c1-13-11-15(18-14(2)23-24(3)19(18)22-13)20(26)21-12-16(17-7-6-10-27-17)25-8-4-5-9-25/h6-7,10-11,16H,4-5,8-9,12H2,1-3H3,(H,21,26). The smallest absolute Gasteiger partial charge is 0.252 e. The Labute approximate surface area is 163 Å². The summed E-state index contributed by atoms with van der Waals surface area (Å²) in [6.45, 7) is 6.64. The van der Waals surface area contributed by atoms with Crippen molar-refractivity contribution < 1.29 is 4.79 Å². The Morgan fingerprint density at radius 2 is 2.11 bits per heavy atom. The molecule has 1 N–H and O–H groups in total. The lowest BCUT2D eigenvalue weighted by Gasteiger charge is -2.27. The fourth-order valence-electron chi connectivity index (χ4n) is 3.98. The predicted molar refractivity (Wildman–Crippen MR) is 108 cm³/mol. The number of nitrogens with zero attached hydrogens (tertiary/aromatic N) is 4. The largest absolute Gasteiger partial charge is 0.350 e. The minimum Gasteiger partial charge on any atom is -0.350 e. The molecule has 6 nitrogen and oxygen atoms in total. The number of thiophene rings is 1. The minimum atomic E-state index is -0.0534. The Bertz CT molecular complexity index is 957. The molecule has 0 aromatic carbocycles. The molecule has 1 fully saturated rings. The van der Waals surface area contributed by atoms with Crippen molar-refractivity contribution in [2.75, 3.05) is 19.6 Å². The molecule has 0 spiro atoms. The maximum atomic E-state index is 13.1. The number of aryl methyl sites for hydroxylation is 3. The van der Waals surface area contributed by atoms with Crippen molar-refractivity contribution in [1.29, 1.82) is 0 Å². The third kappa shape index (κ3) is 3.49. The number of carbonyl (C=O) groups is 1. The lowest BCUT2D eigenvalue weighted by Crippen LogP contribution is -2.36. The number of aromatic nitrogens is 3. The molecule has 3 aromatic rings. The molecule has 4 heterocycles. The summed E-state index contributed by atoms with van der Waals surface area (Å²) in [7, 11) is 1.86. The van der Waals surface area contributed by atoms with Crippen molar-refractivity contribution in [2.24, 2.45) is 7.05 Å². The van der Waals surface area contributed by atoms with Crippen LogP contribution in [0.5, 0.6) is 0 Å². The Morgan fingerprint density at radius 1 is 1.33 bits per heavy atom. The Hall–Kier alpha value is -2.25. The van der Waals surface area contributed by atoms with Crippen LogP contribution in [0.1, 0.15) is 45.5 Å². The number of amides is 1. The summed E-state index contributed by atoms with van der Waals surface area (Å²) in [6.07, 6.45) is 2.46. The van der Waals surface area contributed by atoms with Gasteiger partial charge >= 0.3 is 0 Å². The highest BCUT2D eigenvalue weighted by atomic mass is 32.1. The zero-order valence-electron chi connectivity index (χ0n) is 16.0. The normalized spacial score (nSPS) is 16.1. The van der Waals surface area contributed by atoms with Crippen molar-refractivity contribution in [1.82, 2.24) is 25.0 Å². The van der Waals surface area contributed by atoms with Gasteiger partial charge in [-0.3, -0.25) is 14.4 Å². The minimum absolute atomic E-state index is 0.0534. The van der Waals surface area contributed by atoms with Gasteiger partial charge in [0.2, 0.25) is 0 Å². The van der Waals surface area contributed by atoms with Gasteiger partial charge in [0.05, 0.1) is 22.7 Å². The Balaban J connectivity index is 1.59. The van der Waals surface area contributed by atoms with Gasteiger partial charge in [0.1, 0.15) is 0 Å². The van der Waals surface area contributed by atoms with Crippen LogP contribution >= 0.6 is 11.3 Å². The Kier molecular flexibility index (Phi) is 4.97. The van der Waals surface area contributed by atoms with Crippen LogP contribution in [0.4, 0.5) is 0 Å². The van der Waals surface area contributed by atoms with Crippen LogP contribution in [-0.2, 0) is 7.05 Å². The van der Waals surface area contributed by atoms with Crippen molar-refractivity contribution in [3.63, 3.8) is 0 Å².